The molecule has 244 valence electrons. The van der Waals surface area contributed by atoms with E-state index in [9.17, 15) is 14.4 Å². The number of halogens is 2. The lowest BCUT2D eigenvalue weighted by molar-refractivity contribution is -0.115. The molecule has 0 spiro atoms. The van der Waals surface area contributed by atoms with Gasteiger partial charge in [0.05, 0.1) is 11.1 Å². The minimum Gasteiger partial charge on any atom is -0.442 e. The van der Waals surface area contributed by atoms with Gasteiger partial charge in [-0.1, -0.05) is 120 Å². The molecule has 0 saturated carbocycles. The number of amides is 2. The highest BCUT2D eigenvalue weighted by molar-refractivity contribution is 6.32. The number of benzene rings is 4. The topological polar surface area (TPSA) is 94.6 Å². The number of ether oxygens (including phenoxy) is 2. The van der Waals surface area contributed by atoms with Crippen LogP contribution in [-0.2, 0) is 37.2 Å². The van der Waals surface area contributed by atoms with E-state index in [0.29, 0.717) is 21.2 Å². The van der Waals surface area contributed by atoms with Crippen molar-refractivity contribution < 1.29 is 33.5 Å². The monoisotopic (exact) mass is 684 g/mol. The molecule has 0 bridgehead atoms. The van der Waals surface area contributed by atoms with Crippen LogP contribution in [0.25, 0.3) is 0 Å². The largest absolute Gasteiger partial charge is 0.444 e. The van der Waals surface area contributed by atoms with E-state index in [1.165, 1.54) is 0 Å². The number of rotatable bonds is 8. The first-order chi connectivity index (χ1) is 23.2. The van der Waals surface area contributed by atoms with Crippen molar-refractivity contribution in [1.82, 2.24) is 10.1 Å². The lowest BCUT2D eigenvalue weighted by Gasteiger charge is -2.26. The van der Waals surface area contributed by atoms with Crippen LogP contribution < -0.4 is 0 Å². The summed E-state index contributed by atoms with van der Waals surface area (Å²) in [6, 6.07) is 29.8. The van der Waals surface area contributed by atoms with Crippen molar-refractivity contribution in [3.05, 3.63) is 164 Å². The average molecular weight is 686 g/mol. The van der Waals surface area contributed by atoms with Gasteiger partial charge in [0.15, 0.2) is 5.78 Å². The number of nitrogens with zero attached hydrogens (tertiary/aromatic N) is 2. The highest BCUT2D eigenvalue weighted by Crippen LogP contribution is 2.48. The molecule has 48 heavy (non-hydrogen) atoms. The van der Waals surface area contributed by atoms with Gasteiger partial charge in [-0.05, 0) is 37.1 Å². The molecule has 2 aliphatic rings. The highest BCUT2D eigenvalue weighted by atomic mass is 35.5. The number of hydroxylamine groups is 4. The number of hydrogen-bond acceptors (Lipinski definition) is 7. The Morgan fingerprint density at radius 3 is 1.31 bits per heavy atom. The Morgan fingerprint density at radius 2 is 0.938 bits per heavy atom. The molecule has 0 radical (unpaired) electrons. The van der Waals surface area contributed by atoms with E-state index in [1.807, 2.05) is 60.7 Å². The van der Waals surface area contributed by atoms with Crippen molar-refractivity contribution in [2.45, 2.75) is 39.1 Å². The van der Waals surface area contributed by atoms with E-state index in [-0.39, 0.29) is 35.9 Å². The summed E-state index contributed by atoms with van der Waals surface area (Å²) in [5.41, 5.74) is 2.61. The van der Waals surface area contributed by atoms with E-state index in [1.54, 1.807) is 62.4 Å². The Labute approximate surface area is 287 Å². The van der Waals surface area contributed by atoms with Gasteiger partial charge in [-0.2, -0.15) is 0 Å². The van der Waals surface area contributed by atoms with E-state index >= 15 is 0 Å². The van der Waals surface area contributed by atoms with Crippen LogP contribution in [0.2, 0.25) is 10.0 Å². The predicted octanol–water partition coefficient (Wildman–Crippen LogP) is 9.06. The summed E-state index contributed by atoms with van der Waals surface area (Å²) in [6.45, 7) is 3.10. The van der Waals surface area contributed by atoms with E-state index in [4.69, 9.17) is 42.4 Å². The molecule has 0 fully saturated rings. The Morgan fingerprint density at radius 1 is 0.583 bits per heavy atom. The second kappa shape index (κ2) is 14.3. The maximum Gasteiger partial charge on any atom is 0.444 e. The van der Waals surface area contributed by atoms with Gasteiger partial charge in [-0.3, -0.25) is 4.79 Å². The molecule has 2 heterocycles. The number of carbonyl (C=O) groups excluding carboxylic acids is 3. The average Bonchev–Trinajstić information content (AvgIpc) is 3.63. The molecule has 4 aromatic rings. The third-order valence-electron chi connectivity index (χ3n) is 7.90. The van der Waals surface area contributed by atoms with Crippen LogP contribution in [0, 0.1) is 0 Å². The van der Waals surface area contributed by atoms with Gasteiger partial charge in [0.25, 0.3) is 0 Å². The van der Waals surface area contributed by atoms with E-state index < -0.39 is 30.1 Å². The van der Waals surface area contributed by atoms with Crippen LogP contribution in [0.3, 0.4) is 0 Å². The highest BCUT2D eigenvalue weighted by Gasteiger charge is 2.49. The molecule has 2 aliphatic heterocycles. The molecule has 11 heteroatoms. The van der Waals surface area contributed by atoms with Crippen LogP contribution >= 0.6 is 23.2 Å². The fourth-order valence-corrected chi connectivity index (χ4v) is 6.12. The third kappa shape index (κ3) is 6.60. The van der Waals surface area contributed by atoms with Gasteiger partial charge in [0.2, 0.25) is 0 Å². The molecule has 2 atom stereocenters. The first-order valence-corrected chi connectivity index (χ1v) is 15.8. The normalized spacial score (nSPS) is 17.2. The Balaban J connectivity index is 1.35. The SMILES string of the molecule is CC1=C(C(=O)C2=C(C)ON(C(=O)OCc3ccccc3)C2c2ccccc2Cl)C(c2ccccc2Cl)N(C(=O)OCc2ccccc2)O1. The molecule has 0 N–H and O–H groups in total. The summed E-state index contributed by atoms with van der Waals surface area (Å²) < 4.78 is 11.2. The maximum absolute atomic E-state index is 14.8. The number of Topliss-reactive ketones (excluding diaryl/α,β-unsaturated/α-hetero) is 1. The van der Waals surface area contributed by atoms with Crippen molar-refractivity contribution >= 4 is 41.2 Å². The summed E-state index contributed by atoms with van der Waals surface area (Å²) in [6.07, 6.45) is -1.65. The van der Waals surface area contributed by atoms with Gasteiger partial charge in [0, 0.05) is 21.2 Å². The standard InChI is InChI=1S/C37H30Cl2N2O7/c1-23-31(33(27-17-9-11-19-29(27)38)40(47-23)36(43)45-21-25-13-5-3-6-14-25)35(42)32-24(2)48-41(34(32)28-18-10-12-20-30(28)39)37(44)46-22-26-15-7-4-8-16-26/h3-20,33-34H,21-22H2,1-2H3. The second-order valence-electron chi connectivity index (χ2n) is 11.0. The molecule has 0 saturated heterocycles. The van der Waals surface area contributed by atoms with Crippen molar-refractivity contribution in [1.29, 1.82) is 0 Å². The van der Waals surface area contributed by atoms with Crippen molar-refractivity contribution in [2.24, 2.45) is 0 Å². The summed E-state index contributed by atoms with van der Waals surface area (Å²) in [4.78, 5) is 53.8. The molecular formula is C37H30Cl2N2O7. The molecule has 4 aromatic carbocycles. The van der Waals surface area contributed by atoms with Crippen molar-refractivity contribution in [3.8, 4) is 0 Å². The van der Waals surface area contributed by atoms with Crippen LogP contribution in [0.15, 0.2) is 132 Å². The first-order valence-electron chi connectivity index (χ1n) is 15.1. The van der Waals surface area contributed by atoms with Crippen LogP contribution in [-0.4, -0.2) is 28.1 Å². The van der Waals surface area contributed by atoms with Gasteiger partial charge in [-0.25, -0.2) is 9.59 Å². The Hall–Kier alpha value is -5.25. The molecule has 6 rings (SSSR count). The molecule has 2 amide bonds. The summed E-state index contributed by atoms with van der Waals surface area (Å²) in [5, 5.41) is 2.59. The zero-order valence-corrected chi connectivity index (χ0v) is 27.5. The van der Waals surface area contributed by atoms with Gasteiger partial charge < -0.3 is 19.1 Å². The van der Waals surface area contributed by atoms with Crippen LogP contribution in [0.5, 0.6) is 0 Å². The van der Waals surface area contributed by atoms with Gasteiger partial charge in [-0.15, -0.1) is 10.1 Å². The molecule has 0 aliphatic carbocycles. The smallest absolute Gasteiger partial charge is 0.442 e. The lowest BCUT2D eigenvalue weighted by atomic mass is 9.86. The summed E-state index contributed by atoms with van der Waals surface area (Å²) in [5.74, 6) is -0.258. The molecule has 0 aromatic heterocycles. The fourth-order valence-electron chi connectivity index (χ4n) is 5.64. The first kappa shape index (κ1) is 32.7. The zero-order valence-electron chi connectivity index (χ0n) is 26.0. The number of carbonyl (C=O) groups is 3. The number of allylic oxidation sites excluding steroid dienone is 2. The maximum atomic E-state index is 14.8. The minimum absolute atomic E-state index is 0.0240. The lowest BCUT2D eigenvalue weighted by Crippen LogP contribution is -2.35. The molecular weight excluding hydrogens is 655 g/mol. The summed E-state index contributed by atoms with van der Waals surface area (Å²) in [7, 11) is 0. The zero-order chi connectivity index (χ0) is 33.8. The minimum atomic E-state index is -1.10. The van der Waals surface area contributed by atoms with Gasteiger partial charge in [0.1, 0.15) is 36.8 Å². The predicted molar refractivity (Wildman–Crippen MR) is 178 cm³/mol. The van der Waals surface area contributed by atoms with Crippen molar-refractivity contribution in [2.75, 3.05) is 0 Å². The Kier molecular flexibility index (Phi) is 9.70. The fraction of sp³-hybridized carbons (Fsp3) is 0.162. The van der Waals surface area contributed by atoms with Crippen molar-refractivity contribution in [3.63, 3.8) is 0 Å². The number of hydrogen-bond donors (Lipinski definition) is 0. The summed E-state index contributed by atoms with van der Waals surface area (Å²) >= 11 is 13.3. The van der Waals surface area contributed by atoms with Gasteiger partial charge >= 0.3 is 12.2 Å². The number of ketones is 1. The van der Waals surface area contributed by atoms with Crippen LogP contribution in [0.4, 0.5) is 9.59 Å². The quantitative estimate of drug-likeness (QED) is 0.183. The Bertz CT molecular complexity index is 1780. The van der Waals surface area contributed by atoms with Crippen LogP contribution in [0.1, 0.15) is 48.2 Å². The molecule has 2 unspecified atom stereocenters. The van der Waals surface area contributed by atoms with E-state index in [0.717, 1.165) is 21.3 Å². The second-order valence-corrected chi connectivity index (χ2v) is 11.8. The third-order valence-corrected chi connectivity index (χ3v) is 8.59. The molecule has 9 nitrogen and oxygen atoms in total. The van der Waals surface area contributed by atoms with E-state index in [2.05, 4.69) is 0 Å².